The second-order valence-corrected chi connectivity index (χ2v) is 5.04. The van der Waals surface area contributed by atoms with Gasteiger partial charge in [0.1, 0.15) is 17.2 Å². The lowest BCUT2D eigenvalue weighted by Gasteiger charge is -2.05. The number of nitrogens with zero attached hydrogens (tertiary/aromatic N) is 4. The van der Waals surface area contributed by atoms with E-state index in [2.05, 4.69) is 25.6 Å². The van der Waals surface area contributed by atoms with E-state index in [9.17, 15) is 4.79 Å². The molecule has 0 amide bonds. The summed E-state index contributed by atoms with van der Waals surface area (Å²) in [6.07, 6.45) is 0.497. The summed E-state index contributed by atoms with van der Waals surface area (Å²) >= 11 is 0. The fraction of sp³-hybridized carbons (Fsp3) is 0.385. The Hall–Kier alpha value is -2.64. The van der Waals surface area contributed by atoms with Crippen molar-refractivity contribution >= 4 is 0 Å². The first kappa shape index (κ1) is 13.3. The largest absolute Gasteiger partial charge is 0.359 e. The lowest BCUT2D eigenvalue weighted by Crippen LogP contribution is -2.18. The maximum Gasteiger partial charge on any atom is 0.348 e. The third-order valence-corrected chi connectivity index (χ3v) is 3.58. The van der Waals surface area contributed by atoms with Gasteiger partial charge in [-0.1, -0.05) is 5.16 Å². The number of H-pyrrole nitrogens is 2. The van der Waals surface area contributed by atoms with Gasteiger partial charge in [0.25, 0.3) is 0 Å². The number of nitrogens with one attached hydrogen (secondary N) is 2. The second-order valence-electron chi connectivity index (χ2n) is 5.04. The normalized spacial score (nSPS) is 11.2. The molecule has 8 heteroatoms. The maximum atomic E-state index is 12.1. The van der Waals surface area contributed by atoms with Gasteiger partial charge in [-0.15, -0.1) is 0 Å². The van der Waals surface area contributed by atoms with Gasteiger partial charge in [-0.2, -0.15) is 10.2 Å². The van der Waals surface area contributed by atoms with Crippen molar-refractivity contribution in [2.75, 3.05) is 0 Å². The highest BCUT2D eigenvalue weighted by molar-refractivity contribution is 5.40. The summed E-state index contributed by atoms with van der Waals surface area (Å²) in [4.78, 5) is 12.1. The van der Waals surface area contributed by atoms with Crippen LogP contribution in [0.15, 0.2) is 9.32 Å². The lowest BCUT2D eigenvalue weighted by molar-refractivity contribution is 0.393. The van der Waals surface area contributed by atoms with Gasteiger partial charge in [0.15, 0.2) is 5.76 Å². The number of rotatable bonds is 3. The Morgan fingerprint density at radius 1 is 1.10 bits per heavy atom. The highest BCUT2D eigenvalue weighted by Gasteiger charge is 2.20. The predicted octanol–water partition coefficient (Wildman–Crippen LogP) is 1.10. The van der Waals surface area contributed by atoms with Crippen molar-refractivity contribution in [2.45, 2.75) is 34.1 Å². The number of hydrogen-bond acceptors (Lipinski definition) is 5. The molecule has 0 aliphatic heterocycles. The van der Waals surface area contributed by atoms with Crippen LogP contribution in [0.1, 0.15) is 34.2 Å². The van der Waals surface area contributed by atoms with Gasteiger partial charge < -0.3 is 4.52 Å². The molecule has 21 heavy (non-hydrogen) atoms. The summed E-state index contributed by atoms with van der Waals surface area (Å²) in [7, 11) is 0. The second kappa shape index (κ2) is 4.72. The molecule has 3 heterocycles. The first-order valence-electron chi connectivity index (χ1n) is 6.59. The van der Waals surface area contributed by atoms with Gasteiger partial charge >= 0.3 is 5.69 Å². The van der Waals surface area contributed by atoms with Crippen LogP contribution in [-0.4, -0.2) is 30.1 Å². The van der Waals surface area contributed by atoms with Crippen LogP contribution in [0.3, 0.4) is 0 Å². The molecule has 3 rings (SSSR count). The van der Waals surface area contributed by atoms with Crippen LogP contribution in [0.5, 0.6) is 0 Å². The van der Waals surface area contributed by atoms with E-state index in [0.29, 0.717) is 29.4 Å². The molecule has 3 aromatic rings. The molecule has 2 N–H and O–H groups in total. The van der Waals surface area contributed by atoms with E-state index in [1.165, 1.54) is 4.57 Å². The summed E-state index contributed by atoms with van der Waals surface area (Å²) < 4.78 is 6.65. The molecule has 0 radical (unpaired) electrons. The van der Waals surface area contributed by atoms with Crippen LogP contribution in [0.2, 0.25) is 0 Å². The van der Waals surface area contributed by atoms with Gasteiger partial charge in [0.05, 0.1) is 5.69 Å². The van der Waals surface area contributed by atoms with E-state index in [1.54, 1.807) is 13.8 Å². The number of aromatic nitrogens is 6. The van der Waals surface area contributed by atoms with Crippen molar-refractivity contribution in [3.63, 3.8) is 0 Å². The molecule has 0 fully saturated rings. The molecular formula is C13H16N6O2. The quantitative estimate of drug-likeness (QED) is 0.750. The number of hydrogen-bond donors (Lipinski definition) is 2. The zero-order valence-electron chi connectivity index (χ0n) is 12.3. The van der Waals surface area contributed by atoms with Gasteiger partial charge in [0.2, 0.25) is 0 Å². The van der Waals surface area contributed by atoms with E-state index in [0.717, 1.165) is 17.0 Å². The summed E-state index contributed by atoms with van der Waals surface area (Å²) in [5.74, 6) is 1.18. The van der Waals surface area contributed by atoms with Crippen molar-refractivity contribution in [3.05, 3.63) is 44.7 Å². The molecule has 3 aromatic heterocycles. The molecule has 0 saturated heterocycles. The molecule has 0 atom stereocenters. The Morgan fingerprint density at radius 3 is 2.43 bits per heavy atom. The Labute approximate surface area is 120 Å². The van der Waals surface area contributed by atoms with Crippen molar-refractivity contribution in [2.24, 2.45) is 0 Å². The minimum absolute atomic E-state index is 0.307. The first-order valence-corrected chi connectivity index (χ1v) is 6.59. The van der Waals surface area contributed by atoms with Crippen molar-refractivity contribution in [3.8, 4) is 5.69 Å². The fourth-order valence-electron chi connectivity index (χ4n) is 2.47. The van der Waals surface area contributed by atoms with E-state index in [1.807, 2.05) is 13.8 Å². The number of aromatic amines is 2. The lowest BCUT2D eigenvalue weighted by atomic mass is 10.1. The molecule has 110 valence electrons. The van der Waals surface area contributed by atoms with Gasteiger partial charge in [0, 0.05) is 17.7 Å². The zero-order valence-corrected chi connectivity index (χ0v) is 12.3. The molecule has 0 bridgehead atoms. The molecule has 0 spiro atoms. The van der Waals surface area contributed by atoms with Crippen molar-refractivity contribution in [1.29, 1.82) is 0 Å². The van der Waals surface area contributed by atoms with E-state index < -0.39 is 0 Å². The maximum absolute atomic E-state index is 12.1. The average Bonchev–Trinajstić information content (AvgIpc) is 3.06. The Bertz CT molecular complexity index is 812. The molecule has 0 unspecified atom stereocenters. The van der Waals surface area contributed by atoms with E-state index in [-0.39, 0.29) is 5.69 Å². The monoisotopic (exact) mass is 288 g/mol. The fourth-order valence-corrected chi connectivity index (χ4v) is 2.47. The van der Waals surface area contributed by atoms with E-state index in [4.69, 9.17) is 4.52 Å². The summed E-state index contributed by atoms with van der Waals surface area (Å²) in [5.41, 5.74) is 3.88. The van der Waals surface area contributed by atoms with Gasteiger partial charge in [-0.25, -0.2) is 14.5 Å². The Kier molecular flexibility index (Phi) is 3.00. The van der Waals surface area contributed by atoms with Gasteiger partial charge in [-0.3, -0.25) is 5.10 Å². The molecule has 0 aromatic carbocycles. The molecule has 0 saturated carbocycles. The van der Waals surface area contributed by atoms with Crippen LogP contribution in [0.4, 0.5) is 0 Å². The minimum atomic E-state index is -0.307. The minimum Gasteiger partial charge on any atom is -0.359 e. The number of aryl methyl sites for hydroxylation is 4. The highest BCUT2D eigenvalue weighted by Crippen LogP contribution is 2.20. The smallest absolute Gasteiger partial charge is 0.348 e. The third kappa shape index (κ3) is 2.08. The van der Waals surface area contributed by atoms with Crippen molar-refractivity contribution in [1.82, 2.24) is 30.1 Å². The van der Waals surface area contributed by atoms with Crippen LogP contribution in [0.25, 0.3) is 5.69 Å². The average molecular weight is 288 g/mol. The molecule has 0 aliphatic rings. The summed E-state index contributed by atoms with van der Waals surface area (Å²) in [6, 6.07) is 0. The zero-order chi connectivity index (χ0) is 15.1. The van der Waals surface area contributed by atoms with Crippen LogP contribution < -0.4 is 5.69 Å². The third-order valence-electron chi connectivity index (χ3n) is 3.58. The molecule has 8 nitrogen and oxygen atoms in total. The molecule has 0 aliphatic carbocycles. The SMILES string of the molecule is Cc1n[nH]c(C)c1Cc1n[nH]c(=O)n1-c1c(C)noc1C. The Balaban J connectivity index is 2.13. The Morgan fingerprint density at radius 2 is 1.86 bits per heavy atom. The highest BCUT2D eigenvalue weighted by atomic mass is 16.5. The van der Waals surface area contributed by atoms with Gasteiger partial charge in [-0.05, 0) is 27.7 Å². The summed E-state index contributed by atoms with van der Waals surface area (Å²) in [6.45, 7) is 7.43. The standard InChI is InChI=1S/C13H16N6O2/c1-6-10(7(2)15-14-6)5-11-16-17-13(20)19(11)12-8(3)18-21-9(12)4/h5H2,1-4H3,(H,14,15)(H,17,20). The first-order chi connectivity index (χ1) is 9.99. The van der Waals surface area contributed by atoms with Crippen LogP contribution >= 0.6 is 0 Å². The van der Waals surface area contributed by atoms with Crippen LogP contribution in [-0.2, 0) is 6.42 Å². The van der Waals surface area contributed by atoms with E-state index >= 15 is 0 Å². The topological polar surface area (TPSA) is 105 Å². The predicted molar refractivity (Wildman–Crippen MR) is 74.6 cm³/mol. The summed E-state index contributed by atoms with van der Waals surface area (Å²) in [5, 5.41) is 17.6. The van der Waals surface area contributed by atoms with Crippen molar-refractivity contribution < 1.29 is 4.52 Å². The molecular weight excluding hydrogens is 272 g/mol. The van der Waals surface area contributed by atoms with Crippen LogP contribution in [0, 0.1) is 27.7 Å².